The first-order chi connectivity index (χ1) is 11.5. The molecule has 0 saturated heterocycles. The molecule has 7 nitrogen and oxygen atoms in total. The van der Waals surface area contributed by atoms with Gasteiger partial charge in [-0.15, -0.1) is 10.2 Å². The SMILES string of the molecule is Cc1cc(C)n(-c2ccc(NCc3nccn3CC(C)C)nn2)n1. The van der Waals surface area contributed by atoms with Gasteiger partial charge < -0.3 is 9.88 Å². The van der Waals surface area contributed by atoms with E-state index in [2.05, 4.69) is 44.0 Å². The highest BCUT2D eigenvalue weighted by Gasteiger charge is 2.07. The number of anilines is 1. The molecule has 0 amide bonds. The van der Waals surface area contributed by atoms with Crippen LogP contribution in [0.25, 0.3) is 5.82 Å². The van der Waals surface area contributed by atoms with Crippen molar-refractivity contribution < 1.29 is 0 Å². The van der Waals surface area contributed by atoms with E-state index in [1.165, 1.54) is 0 Å². The molecule has 0 spiro atoms. The first-order valence-electron chi connectivity index (χ1n) is 8.14. The molecule has 0 aromatic carbocycles. The average Bonchev–Trinajstić information content (AvgIpc) is 3.11. The third kappa shape index (κ3) is 3.61. The summed E-state index contributed by atoms with van der Waals surface area (Å²) in [7, 11) is 0. The van der Waals surface area contributed by atoms with Crippen molar-refractivity contribution in [3.8, 4) is 5.82 Å². The second kappa shape index (κ2) is 6.82. The Bertz CT molecular complexity index is 799. The fraction of sp³-hybridized carbons (Fsp3) is 0.412. The van der Waals surface area contributed by atoms with Crippen LogP contribution in [-0.4, -0.2) is 29.5 Å². The van der Waals surface area contributed by atoms with Crippen molar-refractivity contribution in [2.75, 3.05) is 5.32 Å². The molecular weight excluding hydrogens is 302 g/mol. The van der Waals surface area contributed by atoms with Gasteiger partial charge >= 0.3 is 0 Å². The van der Waals surface area contributed by atoms with Crippen LogP contribution < -0.4 is 5.32 Å². The molecule has 1 N–H and O–H groups in total. The molecule has 0 aliphatic heterocycles. The number of imidazole rings is 1. The minimum Gasteiger partial charge on any atom is -0.361 e. The largest absolute Gasteiger partial charge is 0.361 e. The first kappa shape index (κ1) is 16.2. The van der Waals surface area contributed by atoms with Crippen molar-refractivity contribution in [3.63, 3.8) is 0 Å². The Kier molecular flexibility index (Phi) is 4.59. The summed E-state index contributed by atoms with van der Waals surface area (Å²) in [6, 6.07) is 5.84. The highest BCUT2D eigenvalue weighted by atomic mass is 15.4. The van der Waals surface area contributed by atoms with Gasteiger partial charge in [-0.25, -0.2) is 9.67 Å². The fourth-order valence-corrected chi connectivity index (χ4v) is 2.63. The molecule has 3 aromatic rings. The van der Waals surface area contributed by atoms with Crippen LogP contribution in [-0.2, 0) is 13.1 Å². The molecule has 3 heterocycles. The number of nitrogens with one attached hydrogen (secondary N) is 1. The van der Waals surface area contributed by atoms with Crippen LogP contribution >= 0.6 is 0 Å². The topological polar surface area (TPSA) is 73.5 Å². The van der Waals surface area contributed by atoms with Gasteiger partial charge in [0.25, 0.3) is 0 Å². The molecule has 0 aliphatic rings. The van der Waals surface area contributed by atoms with Gasteiger partial charge in [0, 0.05) is 24.6 Å². The molecule has 126 valence electrons. The van der Waals surface area contributed by atoms with E-state index in [0.29, 0.717) is 18.3 Å². The van der Waals surface area contributed by atoms with Crippen molar-refractivity contribution in [2.45, 2.75) is 40.8 Å². The predicted molar refractivity (Wildman–Crippen MR) is 93.0 cm³/mol. The van der Waals surface area contributed by atoms with Crippen molar-refractivity contribution >= 4 is 5.82 Å². The highest BCUT2D eigenvalue weighted by molar-refractivity contribution is 5.37. The minimum atomic E-state index is 0.581. The van der Waals surface area contributed by atoms with E-state index >= 15 is 0 Å². The Morgan fingerprint density at radius 3 is 2.62 bits per heavy atom. The lowest BCUT2D eigenvalue weighted by atomic mass is 10.2. The monoisotopic (exact) mass is 325 g/mol. The first-order valence-corrected chi connectivity index (χ1v) is 8.14. The normalized spacial score (nSPS) is 11.2. The summed E-state index contributed by atoms with van der Waals surface area (Å²) in [6.07, 6.45) is 3.84. The van der Waals surface area contributed by atoms with Gasteiger partial charge in [-0.1, -0.05) is 13.8 Å². The van der Waals surface area contributed by atoms with E-state index in [4.69, 9.17) is 0 Å². The Morgan fingerprint density at radius 1 is 1.17 bits per heavy atom. The zero-order chi connectivity index (χ0) is 17.1. The number of aromatic nitrogens is 6. The number of hydrogen-bond donors (Lipinski definition) is 1. The molecule has 3 rings (SSSR count). The van der Waals surface area contributed by atoms with Gasteiger partial charge in [0.05, 0.1) is 12.2 Å². The lowest BCUT2D eigenvalue weighted by Crippen LogP contribution is -2.12. The molecule has 0 atom stereocenters. The van der Waals surface area contributed by atoms with Gasteiger partial charge in [-0.3, -0.25) is 0 Å². The molecule has 0 aliphatic carbocycles. The van der Waals surface area contributed by atoms with Crippen molar-refractivity contribution in [3.05, 3.63) is 47.8 Å². The van der Waals surface area contributed by atoms with Crippen molar-refractivity contribution in [2.24, 2.45) is 5.92 Å². The van der Waals surface area contributed by atoms with Gasteiger partial charge in [0.15, 0.2) is 5.82 Å². The maximum atomic E-state index is 4.42. The van der Waals surface area contributed by atoms with E-state index in [9.17, 15) is 0 Å². The maximum absolute atomic E-state index is 4.42. The Balaban J connectivity index is 1.67. The lowest BCUT2D eigenvalue weighted by Gasteiger charge is -2.11. The molecule has 0 bridgehead atoms. The van der Waals surface area contributed by atoms with E-state index in [1.54, 1.807) is 4.68 Å². The standard InChI is InChI=1S/C17H23N7/c1-12(2)11-23-8-7-18-17(23)10-19-15-5-6-16(21-20-15)24-14(4)9-13(3)22-24/h5-9,12H,10-11H2,1-4H3,(H,19,20). The molecule has 3 aromatic heterocycles. The van der Waals surface area contributed by atoms with Crippen LogP contribution in [0.2, 0.25) is 0 Å². The Hall–Kier alpha value is -2.70. The second-order valence-corrected chi connectivity index (χ2v) is 6.36. The van der Waals surface area contributed by atoms with E-state index in [1.807, 2.05) is 44.4 Å². The van der Waals surface area contributed by atoms with Crippen LogP contribution in [0, 0.1) is 19.8 Å². The van der Waals surface area contributed by atoms with Crippen molar-refractivity contribution in [1.82, 2.24) is 29.5 Å². The number of hydrogen-bond acceptors (Lipinski definition) is 5. The van der Waals surface area contributed by atoms with Gasteiger partial charge in [0.2, 0.25) is 0 Å². The van der Waals surface area contributed by atoms with Crippen molar-refractivity contribution in [1.29, 1.82) is 0 Å². The smallest absolute Gasteiger partial charge is 0.176 e. The van der Waals surface area contributed by atoms with Gasteiger partial charge in [0.1, 0.15) is 11.6 Å². The summed E-state index contributed by atoms with van der Waals surface area (Å²) in [5, 5.41) is 16.2. The molecule has 0 saturated carbocycles. The quantitative estimate of drug-likeness (QED) is 0.754. The van der Waals surface area contributed by atoms with Crippen LogP contribution in [0.15, 0.2) is 30.6 Å². The maximum Gasteiger partial charge on any atom is 0.176 e. The fourth-order valence-electron chi connectivity index (χ4n) is 2.63. The average molecular weight is 325 g/mol. The number of nitrogens with zero attached hydrogens (tertiary/aromatic N) is 6. The summed E-state index contributed by atoms with van der Waals surface area (Å²) in [5.41, 5.74) is 2.01. The second-order valence-electron chi connectivity index (χ2n) is 6.36. The van der Waals surface area contributed by atoms with E-state index < -0.39 is 0 Å². The molecule has 24 heavy (non-hydrogen) atoms. The van der Waals surface area contributed by atoms with E-state index in [0.717, 1.165) is 29.6 Å². The lowest BCUT2D eigenvalue weighted by molar-refractivity contribution is 0.509. The molecule has 0 fully saturated rings. The summed E-state index contributed by atoms with van der Waals surface area (Å²) >= 11 is 0. The summed E-state index contributed by atoms with van der Waals surface area (Å²) in [5.74, 6) is 3.01. The zero-order valence-corrected chi connectivity index (χ0v) is 14.6. The minimum absolute atomic E-state index is 0.581. The molecule has 0 unspecified atom stereocenters. The summed E-state index contributed by atoms with van der Waals surface area (Å²) in [6.45, 7) is 9.93. The molecule has 7 heteroatoms. The highest BCUT2D eigenvalue weighted by Crippen LogP contribution is 2.11. The number of rotatable bonds is 6. The number of aryl methyl sites for hydroxylation is 2. The Labute approximate surface area is 141 Å². The van der Waals surface area contributed by atoms with Gasteiger partial charge in [-0.2, -0.15) is 5.10 Å². The third-order valence-electron chi connectivity index (χ3n) is 3.67. The Morgan fingerprint density at radius 2 is 2.00 bits per heavy atom. The van der Waals surface area contributed by atoms with Crippen LogP contribution in [0.1, 0.15) is 31.1 Å². The third-order valence-corrected chi connectivity index (χ3v) is 3.67. The van der Waals surface area contributed by atoms with E-state index in [-0.39, 0.29) is 0 Å². The summed E-state index contributed by atoms with van der Waals surface area (Å²) < 4.78 is 3.96. The van der Waals surface area contributed by atoms with Crippen LogP contribution in [0.5, 0.6) is 0 Å². The van der Waals surface area contributed by atoms with Crippen LogP contribution in [0.3, 0.4) is 0 Å². The van der Waals surface area contributed by atoms with Gasteiger partial charge in [-0.05, 0) is 38.0 Å². The van der Waals surface area contributed by atoms with Crippen LogP contribution in [0.4, 0.5) is 5.82 Å². The summed E-state index contributed by atoms with van der Waals surface area (Å²) in [4.78, 5) is 4.40. The predicted octanol–water partition coefficient (Wildman–Crippen LogP) is 2.74. The molecular formula is C17H23N7. The zero-order valence-electron chi connectivity index (χ0n) is 14.6. The molecule has 0 radical (unpaired) electrons.